The van der Waals surface area contributed by atoms with Gasteiger partial charge in [-0.05, 0) is 31.7 Å². The van der Waals surface area contributed by atoms with Crippen LogP contribution in [0.1, 0.15) is 45.0 Å². The highest BCUT2D eigenvalue weighted by molar-refractivity contribution is 4.99. The van der Waals surface area contributed by atoms with Crippen LogP contribution in [0.15, 0.2) is 6.33 Å². The Labute approximate surface area is 91.1 Å². The van der Waals surface area contributed by atoms with E-state index in [9.17, 15) is 0 Å². The summed E-state index contributed by atoms with van der Waals surface area (Å²) in [5.41, 5.74) is 0. The molecule has 4 nitrogen and oxygen atoms in total. The fourth-order valence-electron chi connectivity index (χ4n) is 2.31. The Hall–Kier alpha value is -0.900. The van der Waals surface area contributed by atoms with Crippen LogP contribution < -0.4 is 5.32 Å². The van der Waals surface area contributed by atoms with Crippen LogP contribution in [0.4, 0.5) is 0 Å². The van der Waals surface area contributed by atoms with E-state index in [1.54, 1.807) is 0 Å². The van der Waals surface area contributed by atoms with E-state index in [0.29, 0.717) is 12.0 Å². The van der Waals surface area contributed by atoms with Crippen LogP contribution in [0.2, 0.25) is 0 Å². The van der Waals surface area contributed by atoms with Gasteiger partial charge in [0.05, 0.1) is 6.04 Å². The molecule has 0 aliphatic carbocycles. The van der Waals surface area contributed by atoms with Crippen LogP contribution in [-0.4, -0.2) is 21.3 Å². The Balaban J connectivity index is 2.15. The molecule has 84 valence electrons. The fourth-order valence-corrected chi connectivity index (χ4v) is 2.31. The molecule has 1 N–H and O–H groups in total. The molecule has 2 rings (SSSR count). The molecule has 1 aromatic rings. The van der Waals surface area contributed by atoms with Gasteiger partial charge in [-0.1, -0.05) is 13.8 Å². The average Bonchev–Trinajstić information content (AvgIpc) is 2.67. The lowest BCUT2D eigenvalue weighted by Gasteiger charge is -2.29. The maximum atomic E-state index is 4.26. The lowest BCUT2D eigenvalue weighted by molar-refractivity contribution is 0.287. The number of nitrogens with one attached hydrogen (secondary N) is 1. The summed E-state index contributed by atoms with van der Waals surface area (Å²) in [6.07, 6.45) is 5.55. The number of aromatic nitrogens is 3. The maximum Gasteiger partial charge on any atom is 0.150 e. The van der Waals surface area contributed by atoms with Crippen LogP contribution in [0.25, 0.3) is 0 Å². The fraction of sp³-hybridized carbons (Fsp3) is 0.818. The van der Waals surface area contributed by atoms with Crippen molar-refractivity contribution in [2.75, 3.05) is 6.54 Å². The molecule has 0 radical (unpaired) electrons. The zero-order valence-corrected chi connectivity index (χ0v) is 9.61. The van der Waals surface area contributed by atoms with Crippen molar-refractivity contribution in [3.63, 3.8) is 0 Å². The second kappa shape index (κ2) is 4.75. The van der Waals surface area contributed by atoms with Crippen molar-refractivity contribution >= 4 is 0 Å². The van der Waals surface area contributed by atoms with Crippen LogP contribution in [0.5, 0.6) is 0 Å². The van der Waals surface area contributed by atoms with E-state index in [1.807, 2.05) is 6.33 Å². The Morgan fingerprint density at radius 1 is 1.60 bits per heavy atom. The topological polar surface area (TPSA) is 42.7 Å². The van der Waals surface area contributed by atoms with E-state index in [1.165, 1.54) is 12.8 Å². The van der Waals surface area contributed by atoms with E-state index >= 15 is 0 Å². The highest BCUT2D eigenvalue weighted by atomic mass is 15.3. The summed E-state index contributed by atoms with van der Waals surface area (Å²) >= 11 is 0. The second-order valence-corrected chi connectivity index (χ2v) is 4.43. The third-order valence-corrected chi connectivity index (χ3v) is 3.16. The van der Waals surface area contributed by atoms with Gasteiger partial charge in [0.1, 0.15) is 12.2 Å². The number of piperidine rings is 1. The minimum Gasteiger partial charge on any atom is -0.316 e. The molecule has 1 aliphatic rings. The van der Waals surface area contributed by atoms with Crippen molar-refractivity contribution in [3.05, 3.63) is 12.2 Å². The van der Waals surface area contributed by atoms with Crippen molar-refractivity contribution in [2.45, 2.75) is 45.7 Å². The normalized spacial score (nSPS) is 26.8. The third-order valence-electron chi connectivity index (χ3n) is 3.16. The average molecular weight is 208 g/mol. The van der Waals surface area contributed by atoms with Gasteiger partial charge in [-0.25, -0.2) is 0 Å². The Morgan fingerprint density at radius 2 is 2.47 bits per heavy atom. The van der Waals surface area contributed by atoms with Crippen LogP contribution in [-0.2, 0) is 6.54 Å². The first kappa shape index (κ1) is 10.6. The molecule has 0 aromatic carbocycles. The number of hydrogen-bond donors (Lipinski definition) is 1. The molecule has 4 heteroatoms. The highest BCUT2D eigenvalue weighted by Gasteiger charge is 2.26. The van der Waals surface area contributed by atoms with Crippen LogP contribution in [0, 0.1) is 5.92 Å². The molecular weight excluding hydrogens is 188 g/mol. The summed E-state index contributed by atoms with van der Waals surface area (Å²) in [6.45, 7) is 6.60. The van der Waals surface area contributed by atoms with Crippen molar-refractivity contribution in [2.24, 2.45) is 5.92 Å². The van der Waals surface area contributed by atoms with Gasteiger partial charge < -0.3 is 9.88 Å². The van der Waals surface area contributed by atoms with E-state index < -0.39 is 0 Å². The van der Waals surface area contributed by atoms with Gasteiger partial charge in [-0.15, -0.1) is 10.2 Å². The molecule has 0 amide bonds. The quantitative estimate of drug-likeness (QED) is 0.823. The summed E-state index contributed by atoms with van der Waals surface area (Å²) in [4.78, 5) is 0. The highest BCUT2D eigenvalue weighted by Crippen LogP contribution is 2.27. The van der Waals surface area contributed by atoms with E-state index in [4.69, 9.17) is 0 Å². The van der Waals surface area contributed by atoms with Gasteiger partial charge in [-0.3, -0.25) is 0 Å². The zero-order valence-electron chi connectivity index (χ0n) is 9.61. The molecule has 15 heavy (non-hydrogen) atoms. The van der Waals surface area contributed by atoms with Crippen LogP contribution in [0.3, 0.4) is 0 Å². The lowest BCUT2D eigenvalue weighted by Crippen LogP contribution is -2.34. The molecule has 1 aliphatic heterocycles. The van der Waals surface area contributed by atoms with Crippen molar-refractivity contribution in [1.29, 1.82) is 0 Å². The van der Waals surface area contributed by atoms with E-state index in [2.05, 4.69) is 33.9 Å². The summed E-state index contributed by atoms with van der Waals surface area (Å²) in [5, 5.41) is 11.8. The van der Waals surface area contributed by atoms with E-state index in [-0.39, 0.29) is 0 Å². The van der Waals surface area contributed by atoms with Crippen molar-refractivity contribution < 1.29 is 0 Å². The summed E-state index contributed by atoms with van der Waals surface area (Å²) in [6, 6.07) is 0.396. The Bertz CT molecular complexity index is 307. The largest absolute Gasteiger partial charge is 0.316 e. The van der Waals surface area contributed by atoms with Gasteiger partial charge in [0.2, 0.25) is 0 Å². The summed E-state index contributed by atoms with van der Waals surface area (Å²) in [7, 11) is 0. The van der Waals surface area contributed by atoms with Gasteiger partial charge in [0.25, 0.3) is 0 Å². The van der Waals surface area contributed by atoms with Gasteiger partial charge >= 0.3 is 0 Å². The summed E-state index contributed by atoms with van der Waals surface area (Å²) < 4.78 is 2.18. The Morgan fingerprint density at radius 3 is 3.20 bits per heavy atom. The minimum absolute atomic E-state index is 0.396. The molecule has 2 atom stereocenters. The maximum absolute atomic E-state index is 4.26. The molecule has 1 saturated heterocycles. The first-order valence-electron chi connectivity index (χ1n) is 5.94. The number of aryl methyl sites for hydroxylation is 1. The first-order chi connectivity index (χ1) is 7.33. The monoisotopic (exact) mass is 208 g/mol. The zero-order chi connectivity index (χ0) is 10.7. The van der Waals surface area contributed by atoms with E-state index in [0.717, 1.165) is 25.3 Å². The molecule has 1 aromatic heterocycles. The molecule has 0 saturated carbocycles. The minimum atomic E-state index is 0.396. The molecule has 2 unspecified atom stereocenters. The SMILES string of the molecule is CCCn1cnnc1C1NCCCC1C. The standard InChI is InChI=1S/C11H20N4/c1-3-7-15-8-13-14-11(15)10-9(2)5-4-6-12-10/h8-10,12H,3-7H2,1-2H3. The molecule has 0 bridgehead atoms. The molecular formula is C11H20N4. The Kier molecular flexibility index (Phi) is 3.36. The molecule has 1 fully saturated rings. The lowest BCUT2D eigenvalue weighted by atomic mass is 9.92. The van der Waals surface area contributed by atoms with Crippen molar-refractivity contribution in [3.8, 4) is 0 Å². The number of hydrogen-bond acceptors (Lipinski definition) is 3. The van der Waals surface area contributed by atoms with Crippen LogP contribution >= 0.6 is 0 Å². The second-order valence-electron chi connectivity index (χ2n) is 4.43. The predicted molar refractivity (Wildman–Crippen MR) is 59.5 cm³/mol. The number of rotatable bonds is 3. The first-order valence-corrected chi connectivity index (χ1v) is 5.94. The molecule has 0 spiro atoms. The van der Waals surface area contributed by atoms with Gasteiger partial charge in [0.15, 0.2) is 0 Å². The van der Waals surface area contributed by atoms with Crippen molar-refractivity contribution in [1.82, 2.24) is 20.1 Å². The van der Waals surface area contributed by atoms with Gasteiger partial charge in [-0.2, -0.15) is 0 Å². The number of nitrogens with zero attached hydrogens (tertiary/aromatic N) is 3. The third kappa shape index (κ3) is 2.20. The predicted octanol–water partition coefficient (Wildman–Crippen LogP) is 1.75. The summed E-state index contributed by atoms with van der Waals surface area (Å²) in [5.74, 6) is 1.78. The molecule has 2 heterocycles. The smallest absolute Gasteiger partial charge is 0.150 e. The van der Waals surface area contributed by atoms with Gasteiger partial charge in [0, 0.05) is 6.54 Å².